The number of aromatic nitrogens is 3. The Morgan fingerprint density at radius 3 is 2.58 bits per heavy atom. The highest BCUT2D eigenvalue weighted by Gasteiger charge is 2.17. The second-order valence-electron chi connectivity index (χ2n) is 4.91. The zero-order valence-corrected chi connectivity index (χ0v) is 11.6. The maximum absolute atomic E-state index is 12.2. The Balaban J connectivity index is 2.34. The highest BCUT2D eigenvalue weighted by molar-refractivity contribution is 6.04. The van der Waals surface area contributed by atoms with Gasteiger partial charge in [0.1, 0.15) is 0 Å². The molecular weight excluding hydrogens is 240 g/mol. The van der Waals surface area contributed by atoms with Gasteiger partial charge in [-0.15, -0.1) is 0 Å². The van der Waals surface area contributed by atoms with Gasteiger partial charge in [0, 0.05) is 5.69 Å². The molecule has 1 aromatic heterocycles. The van der Waals surface area contributed by atoms with E-state index in [0.29, 0.717) is 17.3 Å². The van der Waals surface area contributed by atoms with Crippen LogP contribution in [0.3, 0.4) is 0 Å². The molecule has 0 aliphatic heterocycles. The van der Waals surface area contributed by atoms with Crippen molar-refractivity contribution >= 4 is 11.6 Å². The predicted octanol–water partition coefficient (Wildman–Crippen LogP) is 2.80. The number of anilines is 1. The van der Waals surface area contributed by atoms with Gasteiger partial charge in [-0.05, 0) is 30.9 Å². The van der Waals surface area contributed by atoms with Gasteiger partial charge in [-0.3, -0.25) is 4.79 Å². The van der Waals surface area contributed by atoms with Gasteiger partial charge in [-0.25, -0.2) is 0 Å². The molecule has 1 aromatic carbocycles. The van der Waals surface area contributed by atoms with Crippen LogP contribution >= 0.6 is 0 Å². The third kappa shape index (κ3) is 2.65. The van der Waals surface area contributed by atoms with E-state index < -0.39 is 0 Å². The normalized spacial score (nSPS) is 10.8. The fraction of sp³-hybridized carbons (Fsp3) is 0.357. The zero-order valence-electron chi connectivity index (χ0n) is 11.6. The lowest BCUT2D eigenvalue weighted by molar-refractivity contribution is 0.102. The van der Waals surface area contributed by atoms with E-state index in [1.54, 1.807) is 6.92 Å². The van der Waals surface area contributed by atoms with Crippen molar-refractivity contribution in [2.24, 2.45) is 0 Å². The SMILES string of the molecule is Cc1cccc(C(C)C)c1NC(=O)c1n[nH]nc1C. The van der Waals surface area contributed by atoms with Crippen molar-refractivity contribution in [3.8, 4) is 0 Å². The lowest BCUT2D eigenvalue weighted by atomic mass is 9.98. The zero-order chi connectivity index (χ0) is 14.0. The molecule has 2 aromatic rings. The van der Waals surface area contributed by atoms with Crippen LogP contribution in [0.4, 0.5) is 5.69 Å². The van der Waals surface area contributed by atoms with Crippen LogP contribution in [0.25, 0.3) is 0 Å². The molecule has 0 saturated carbocycles. The monoisotopic (exact) mass is 258 g/mol. The Morgan fingerprint density at radius 2 is 2.00 bits per heavy atom. The average Bonchev–Trinajstić information content (AvgIpc) is 2.77. The number of aromatic amines is 1. The maximum atomic E-state index is 12.2. The molecule has 0 spiro atoms. The summed E-state index contributed by atoms with van der Waals surface area (Å²) in [7, 11) is 0. The Kier molecular flexibility index (Phi) is 3.64. The fourth-order valence-corrected chi connectivity index (χ4v) is 2.01. The summed E-state index contributed by atoms with van der Waals surface area (Å²) in [4.78, 5) is 12.2. The van der Waals surface area contributed by atoms with Gasteiger partial charge < -0.3 is 5.32 Å². The summed E-state index contributed by atoms with van der Waals surface area (Å²) in [6.07, 6.45) is 0. The summed E-state index contributed by atoms with van der Waals surface area (Å²) in [5.74, 6) is 0.107. The van der Waals surface area contributed by atoms with E-state index in [1.807, 2.05) is 25.1 Å². The van der Waals surface area contributed by atoms with Crippen LogP contribution in [0.15, 0.2) is 18.2 Å². The van der Waals surface area contributed by atoms with Crippen molar-refractivity contribution in [1.29, 1.82) is 0 Å². The standard InChI is InChI=1S/C14H18N4O/c1-8(2)11-7-5-6-9(3)12(11)15-14(19)13-10(4)16-18-17-13/h5-8H,1-4H3,(H,15,19)(H,16,17,18). The van der Waals surface area contributed by atoms with Crippen molar-refractivity contribution < 1.29 is 4.79 Å². The summed E-state index contributed by atoms with van der Waals surface area (Å²) < 4.78 is 0. The number of hydrogen-bond donors (Lipinski definition) is 2. The van der Waals surface area contributed by atoms with Crippen LogP contribution in [0.5, 0.6) is 0 Å². The number of para-hydroxylation sites is 1. The van der Waals surface area contributed by atoms with E-state index in [1.165, 1.54) is 0 Å². The van der Waals surface area contributed by atoms with Gasteiger partial charge in [0.2, 0.25) is 0 Å². The third-order valence-corrected chi connectivity index (χ3v) is 3.10. The largest absolute Gasteiger partial charge is 0.320 e. The molecule has 1 amide bonds. The van der Waals surface area contributed by atoms with E-state index in [0.717, 1.165) is 16.8 Å². The van der Waals surface area contributed by atoms with Gasteiger partial charge in [-0.2, -0.15) is 15.4 Å². The number of nitrogens with one attached hydrogen (secondary N) is 2. The van der Waals surface area contributed by atoms with Crippen molar-refractivity contribution in [3.05, 3.63) is 40.7 Å². The molecule has 0 radical (unpaired) electrons. The first-order valence-corrected chi connectivity index (χ1v) is 6.29. The highest BCUT2D eigenvalue weighted by atomic mass is 16.2. The number of amides is 1. The summed E-state index contributed by atoms with van der Waals surface area (Å²) in [6, 6.07) is 6.02. The first kappa shape index (κ1) is 13.3. The molecule has 0 bridgehead atoms. The number of rotatable bonds is 3. The van der Waals surface area contributed by atoms with E-state index in [9.17, 15) is 4.79 Å². The highest BCUT2D eigenvalue weighted by Crippen LogP contribution is 2.27. The molecule has 5 nitrogen and oxygen atoms in total. The molecule has 0 atom stereocenters. The Hall–Kier alpha value is -2.17. The fourth-order valence-electron chi connectivity index (χ4n) is 2.01. The van der Waals surface area contributed by atoms with Crippen LogP contribution in [0, 0.1) is 13.8 Å². The molecule has 1 heterocycles. The summed E-state index contributed by atoms with van der Waals surface area (Å²) in [6.45, 7) is 7.94. The lowest BCUT2D eigenvalue weighted by Crippen LogP contribution is -2.16. The number of carbonyl (C=O) groups excluding carboxylic acids is 1. The van der Waals surface area contributed by atoms with Crippen molar-refractivity contribution in [1.82, 2.24) is 15.4 Å². The number of nitrogens with zero attached hydrogens (tertiary/aromatic N) is 2. The predicted molar refractivity (Wildman–Crippen MR) is 74.3 cm³/mol. The first-order valence-electron chi connectivity index (χ1n) is 6.29. The molecule has 19 heavy (non-hydrogen) atoms. The lowest BCUT2D eigenvalue weighted by Gasteiger charge is -2.15. The van der Waals surface area contributed by atoms with Crippen LogP contribution < -0.4 is 5.32 Å². The van der Waals surface area contributed by atoms with Gasteiger partial charge in [0.05, 0.1) is 5.69 Å². The molecule has 0 saturated heterocycles. The van der Waals surface area contributed by atoms with Crippen LogP contribution in [0.2, 0.25) is 0 Å². The van der Waals surface area contributed by atoms with Gasteiger partial charge in [0.15, 0.2) is 5.69 Å². The Morgan fingerprint density at radius 1 is 1.26 bits per heavy atom. The Bertz CT molecular complexity index is 601. The molecule has 0 aliphatic rings. The minimum absolute atomic E-state index is 0.234. The quantitative estimate of drug-likeness (QED) is 0.889. The summed E-state index contributed by atoms with van der Waals surface area (Å²) >= 11 is 0. The van der Waals surface area contributed by atoms with E-state index in [4.69, 9.17) is 0 Å². The number of carbonyl (C=O) groups is 1. The molecule has 5 heteroatoms. The third-order valence-electron chi connectivity index (χ3n) is 3.10. The second kappa shape index (κ2) is 5.22. The molecule has 0 aliphatic carbocycles. The summed E-state index contributed by atoms with van der Waals surface area (Å²) in [5.41, 5.74) is 3.95. The summed E-state index contributed by atoms with van der Waals surface area (Å²) in [5, 5.41) is 13.1. The number of aryl methyl sites for hydroxylation is 2. The van der Waals surface area contributed by atoms with Crippen molar-refractivity contribution in [3.63, 3.8) is 0 Å². The number of benzene rings is 1. The van der Waals surface area contributed by atoms with Crippen LogP contribution in [-0.2, 0) is 0 Å². The smallest absolute Gasteiger partial charge is 0.278 e. The topological polar surface area (TPSA) is 70.7 Å². The minimum atomic E-state index is -0.234. The van der Waals surface area contributed by atoms with Crippen molar-refractivity contribution in [2.45, 2.75) is 33.6 Å². The molecular formula is C14H18N4O. The van der Waals surface area contributed by atoms with Gasteiger partial charge in [-0.1, -0.05) is 32.0 Å². The van der Waals surface area contributed by atoms with E-state index in [2.05, 4.69) is 34.6 Å². The molecule has 0 fully saturated rings. The second-order valence-corrected chi connectivity index (χ2v) is 4.91. The molecule has 2 rings (SSSR count). The van der Waals surface area contributed by atoms with Crippen LogP contribution in [0.1, 0.15) is 47.1 Å². The Labute approximate surface area is 112 Å². The van der Waals surface area contributed by atoms with E-state index >= 15 is 0 Å². The number of H-pyrrole nitrogens is 1. The van der Waals surface area contributed by atoms with Gasteiger partial charge >= 0.3 is 0 Å². The van der Waals surface area contributed by atoms with E-state index in [-0.39, 0.29) is 5.91 Å². The maximum Gasteiger partial charge on any atom is 0.278 e. The molecule has 100 valence electrons. The molecule has 2 N–H and O–H groups in total. The first-order chi connectivity index (χ1) is 9.00. The minimum Gasteiger partial charge on any atom is -0.320 e. The van der Waals surface area contributed by atoms with Crippen LogP contribution in [-0.4, -0.2) is 21.3 Å². The molecule has 0 unspecified atom stereocenters. The van der Waals surface area contributed by atoms with Gasteiger partial charge in [0.25, 0.3) is 5.91 Å². The van der Waals surface area contributed by atoms with Crippen molar-refractivity contribution in [2.75, 3.05) is 5.32 Å². The number of hydrogen-bond acceptors (Lipinski definition) is 3. The average molecular weight is 258 g/mol.